The zero-order valence-electron chi connectivity index (χ0n) is 9.28. The van der Waals surface area contributed by atoms with Crippen molar-refractivity contribution < 1.29 is 0 Å². The summed E-state index contributed by atoms with van der Waals surface area (Å²) in [6.45, 7) is 0. The van der Waals surface area contributed by atoms with E-state index >= 15 is 0 Å². The molecule has 84 valence electrons. The van der Waals surface area contributed by atoms with Crippen LogP contribution in [0, 0.1) is 23.7 Å². The van der Waals surface area contributed by atoms with Crippen LogP contribution >= 0.6 is 23.5 Å². The maximum absolute atomic E-state index is 2.37. The van der Waals surface area contributed by atoms with E-state index in [9.17, 15) is 0 Å². The first-order chi connectivity index (χ1) is 7.42. The molecule has 0 radical (unpaired) electrons. The van der Waals surface area contributed by atoms with Crippen LogP contribution in [-0.4, -0.2) is 15.6 Å². The molecule has 0 bridgehead atoms. The lowest BCUT2D eigenvalue weighted by Gasteiger charge is -2.34. The van der Waals surface area contributed by atoms with Gasteiger partial charge in [0.25, 0.3) is 0 Å². The van der Waals surface area contributed by atoms with E-state index in [0.717, 1.165) is 27.8 Å². The molecule has 4 fully saturated rings. The second-order valence-corrected chi connectivity index (χ2v) is 8.82. The third-order valence-electron chi connectivity index (χ3n) is 5.46. The minimum atomic E-state index is 0.725. The van der Waals surface area contributed by atoms with E-state index in [0.29, 0.717) is 0 Å². The van der Waals surface area contributed by atoms with Crippen molar-refractivity contribution >= 4 is 23.5 Å². The predicted octanol–water partition coefficient (Wildman–Crippen LogP) is 4.01. The second-order valence-electron chi connectivity index (χ2n) is 5.82. The van der Waals surface area contributed by atoms with Crippen LogP contribution in [0.2, 0.25) is 0 Å². The Bertz CT molecular complexity index is 248. The molecule has 15 heavy (non-hydrogen) atoms. The fourth-order valence-corrected chi connectivity index (χ4v) is 9.31. The fourth-order valence-electron chi connectivity index (χ4n) is 5.15. The Labute approximate surface area is 101 Å². The number of hydrogen-bond donors (Lipinski definition) is 0. The van der Waals surface area contributed by atoms with E-state index in [1.54, 1.807) is 38.5 Å². The van der Waals surface area contributed by atoms with Gasteiger partial charge in [-0.05, 0) is 49.4 Å². The van der Waals surface area contributed by atoms with Crippen LogP contribution in [0.1, 0.15) is 38.5 Å². The van der Waals surface area contributed by atoms with Crippen LogP contribution in [0.25, 0.3) is 0 Å². The first-order valence-corrected chi connectivity index (χ1v) is 8.67. The molecule has 4 atom stereocenters. The monoisotopic (exact) mass is 240 g/mol. The lowest BCUT2D eigenvalue weighted by molar-refractivity contribution is 0.334. The van der Waals surface area contributed by atoms with Gasteiger partial charge in [-0.1, -0.05) is 12.8 Å². The Morgan fingerprint density at radius 1 is 0.733 bits per heavy atom. The Balaban J connectivity index is 1.76. The largest absolute Gasteiger partial charge is 0.143 e. The van der Waals surface area contributed by atoms with Crippen LogP contribution in [0.15, 0.2) is 0 Å². The standard InChI is InChI=1S/C13H20S2/c1-3-9-10-4-2-6-12(10)13(11(9)5-1)14-7-8-15-13/h9-12H,1-8H2/t9-,10+,11-,12+. The summed E-state index contributed by atoms with van der Waals surface area (Å²) in [5, 5.41) is 0. The van der Waals surface area contributed by atoms with Crippen LogP contribution in [0.4, 0.5) is 0 Å². The number of fused-ring (bicyclic) bond motifs is 5. The lowest BCUT2D eigenvalue weighted by atomic mass is 9.90. The molecule has 1 spiro atoms. The quantitative estimate of drug-likeness (QED) is 0.627. The maximum atomic E-state index is 2.37. The Morgan fingerprint density at radius 2 is 1.27 bits per heavy atom. The summed E-state index contributed by atoms with van der Waals surface area (Å²) in [6, 6.07) is 0. The van der Waals surface area contributed by atoms with Gasteiger partial charge in [-0.2, -0.15) is 0 Å². The van der Waals surface area contributed by atoms with E-state index in [1.165, 1.54) is 11.5 Å². The molecule has 2 heteroatoms. The van der Waals surface area contributed by atoms with Crippen molar-refractivity contribution in [1.82, 2.24) is 0 Å². The van der Waals surface area contributed by atoms with Crippen molar-refractivity contribution in [3.8, 4) is 0 Å². The molecule has 3 saturated carbocycles. The minimum absolute atomic E-state index is 0.725. The Kier molecular flexibility index (Phi) is 2.17. The van der Waals surface area contributed by atoms with Gasteiger partial charge in [-0.3, -0.25) is 0 Å². The van der Waals surface area contributed by atoms with Crippen molar-refractivity contribution in [3.05, 3.63) is 0 Å². The predicted molar refractivity (Wildman–Crippen MR) is 69.3 cm³/mol. The molecule has 0 aromatic carbocycles. The fraction of sp³-hybridized carbons (Fsp3) is 1.00. The van der Waals surface area contributed by atoms with Crippen molar-refractivity contribution in [1.29, 1.82) is 0 Å². The van der Waals surface area contributed by atoms with Gasteiger partial charge in [0.2, 0.25) is 0 Å². The molecule has 1 saturated heterocycles. The summed E-state index contributed by atoms with van der Waals surface area (Å²) in [5.41, 5.74) is 0. The van der Waals surface area contributed by atoms with Crippen LogP contribution in [-0.2, 0) is 0 Å². The van der Waals surface area contributed by atoms with E-state index in [-0.39, 0.29) is 0 Å². The third kappa shape index (κ3) is 1.14. The number of thioether (sulfide) groups is 2. The molecule has 1 heterocycles. The minimum Gasteiger partial charge on any atom is -0.143 e. The van der Waals surface area contributed by atoms with Crippen LogP contribution < -0.4 is 0 Å². The van der Waals surface area contributed by atoms with Gasteiger partial charge in [-0.15, -0.1) is 23.5 Å². The highest BCUT2D eigenvalue weighted by molar-refractivity contribution is 8.21. The Morgan fingerprint density at radius 3 is 1.80 bits per heavy atom. The summed E-state index contributed by atoms with van der Waals surface area (Å²) in [6.07, 6.45) is 9.38. The smallest absolute Gasteiger partial charge is 0.0673 e. The van der Waals surface area contributed by atoms with Gasteiger partial charge < -0.3 is 0 Å². The average Bonchev–Trinajstić information content (AvgIpc) is 3.00. The van der Waals surface area contributed by atoms with Gasteiger partial charge >= 0.3 is 0 Å². The molecule has 0 N–H and O–H groups in total. The molecule has 4 aliphatic rings. The average molecular weight is 240 g/mol. The molecule has 0 amide bonds. The summed E-state index contributed by atoms with van der Waals surface area (Å²) < 4.78 is 0.725. The molecule has 0 aromatic heterocycles. The summed E-state index contributed by atoms with van der Waals surface area (Å²) in [4.78, 5) is 0. The highest BCUT2D eigenvalue weighted by atomic mass is 32.2. The first kappa shape index (κ1) is 9.70. The summed E-state index contributed by atoms with van der Waals surface area (Å²) in [7, 11) is 0. The van der Waals surface area contributed by atoms with E-state index in [2.05, 4.69) is 23.5 Å². The molecular formula is C13H20S2. The zero-order valence-corrected chi connectivity index (χ0v) is 10.9. The zero-order chi connectivity index (χ0) is 9.88. The highest BCUT2D eigenvalue weighted by Gasteiger charge is 2.63. The highest BCUT2D eigenvalue weighted by Crippen LogP contribution is 2.71. The molecule has 0 unspecified atom stereocenters. The maximum Gasteiger partial charge on any atom is 0.0673 e. The van der Waals surface area contributed by atoms with Crippen molar-refractivity contribution in [3.63, 3.8) is 0 Å². The molecule has 0 aromatic rings. The normalized spacial score (nSPS) is 51.2. The molecular weight excluding hydrogens is 220 g/mol. The number of rotatable bonds is 0. The van der Waals surface area contributed by atoms with Gasteiger partial charge in [0.15, 0.2) is 0 Å². The van der Waals surface area contributed by atoms with Gasteiger partial charge in [0.1, 0.15) is 0 Å². The first-order valence-electron chi connectivity index (χ1n) is 6.70. The van der Waals surface area contributed by atoms with Crippen LogP contribution in [0.5, 0.6) is 0 Å². The van der Waals surface area contributed by atoms with Crippen LogP contribution in [0.3, 0.4) is 0 Å². The van der Waals surface area contributed by atoms with Gasteiger partial charge in [0, 0.05) is 11.5 Å². The number of hydrogen-bond acceptors (Lipinski definition) is 2. The summed E-state index contributed by atoms with van der Waals surface area (Å²) >= 11 is 4.74. The van der Waals surface area contributed by atoms with E-state index in [4.69, 9.17) is 0 Å². The second kappa shape index (κ2) is 3.35. The van der Waals surface area contributed by atoms with Crippen molar-refractivity contribution in [2.75, 3.05) is 11.5 Å². The molecule has 4 rings (SSSR count). The van der Waals surface area contributed by atoms with E-state index in [1.807, 2.05) is 0 Å². The lowest BCUT2D eigenvalue weighted by Crippen LogP contribution is -2.30. The van der Waals surface area contributed by atoms with Crippen molar-refractivity contribution in [2.24, 2.45) is 23.7 Å². The van der Waals surface area contributed by atoms with Crippen molar-refractivity contribution in [2.45, 2.75) is 42.6 Å². The third-order valence-corrected chi connectivity index (χ3v) is 9.36. The topological polar surface area (TPSA) is 0 Å². The van der Waals surface area contributed by atoms with E-state index < -0.39 is 0 Å². The SMILES string of the molecule is C1C[C@@H]2[C@@H]3CCC[C@@H]3C3(SCCS3)[C@@H]2C1. The molecule has 1 aliphatic heterocycles. The Hall–Kier alpha value is 0.700. The summed E-state index contributed by atoms with van der Waals surface area (Å²) in [5.74, 6) is 7.41. The molecule has 0 nitrogen and oxygen atoms in total. The van der Waals surface area contributed by atoms with Gasteiger partial charge in [-0.25, -0.2) is 0 Å². The molecule has 3 aliphatic carbocycles. The van der Waals surface area contributed by atoms with Gasteiger partial charge in [0.05, 0.1) is 4.08 Å².